The Kier molecular flexibility index (Phi) is 14.1. The lowest BCUT2D eigenvalue weighted by Crippen LogP contribution is -2.52. The molecule has 0 aromatic carbocycles. The summed E-state index contributed by atoms with van der Waals surface area (Å²) in [6, 6.07) is 2.44. The summed E-state index contributed by atoms with van der Waals surface area (Å²) in [5.74, 6) is -4.28. The zero-order valence-electron chi connectivity index (χ0n) is 22.0. The Morgan fingerprint density at radius 3 is 1.73 bits per heavy atom. The van der Waals surface area contributed by atoms with Gasteiger partial charge < -0.3 is 28.4 Å². The summed E-state index contributed by atoms with van der Waals surface area (Å²) in [4.78, 5) is 74.3. The molecule has 0 fully saturated rings. The number of hydrogen-bond donors (Lipinski definition) is 0. The van der Waals surface area contributed by atoms with Crippen LogP contribution < -0.4 is 0 Å². The average molecular weight is 531 g/mol. The molecule has 0 aliphatic carbocycles. The van der Waals surface area contributed by atoms with E-state index < -0.39 is 72.6 Å². The first-order valence-electron chi connectivity index (χ1n) is 11.0. The molecule has 0 aromatic rings. The van der Waals surface area contributed by atoms with Crippen LogP contribution in [-0.2, 0) is 52.4 Å². The fourth-order valence-electron chi connectivity index (χ4n) is 2.55. The summed E-state index contributed by atoms with van der Waals surface area (Å²) < 4.78 is 30.4. The van der Waals surface area contributed by atoms with E-state index in [1.54, 1.807) is 6.92 Å². The zero-order valence-corrected chi connectivity index (χ0v) is 22.0. The molecule has 0 rings (SSSR count). The molecule has 0 bridgehead atoms. The first kappa shape index (κ1) is 32.9. The van der Waals surface area contributed by atoms with Crippen LogP contribution >= 0.6 is 0 Å². The van der Waals surface area contributed by atoms with Crippen molar-refractivity contribution < 1.29 is 57.2 Å². The minimum atomic E-state index is -1.69. The van der Waals surface area contributed by atoms with Crippen molar-refractivity contribution in [3.05, 3.63) is 4.85 Å². The Morgan fingerprint density at radius 2 is 1.27 bits per heavy atom. The second kappa shape index (κ2) is 15.8. The van der Waals surface area contributed by atoms with Gasteiger partial charge in [0.2, 0.25) is 0 Å². The van der Waals surface area contributed by atoms with Gasteiger partial charge in [0.25, 0.3) is 6.10 Å². The lowest BCUT2D eigenvalue weighted by molar-refractivity contribution is -0.198. The number of hydrogen-bond acceptors (Lipinski definition) is 13. The highest BCUT2D eigenvalue weighted by Gasteiger charge is 2.46. The van der Waals surface area contributed by atoms with Crippen molar-refractivity contribution in [3.63, 3.8) is 0 Å². The van der Waals surface area contributed by atoms with E-state index in [-0.39, 0.29) is 6.61 Å². The zero-order chi connectivity index (χ0) is 28.8. The Morgan fingerprint density at radius 1 is 0.757 bits per heavy atom. The smallest absolute Gasteiger partial charge is 0.452 e. The summed E-state index contributed by atoms with van der Waals surface area (Å²) in [5.41, 5.74) is -1.45. The van der Waals surface area contributed by atoms with Crippen molar-refractivity contribution in [2.75, 3.05) is 13.2 Å². The first-order valence-corrected chi connectivity index (χ1v) is 11.0. The van der Waals surface area contributed by atoms with E-state index in [0.29, 0.717) is 0 Å². The molecule has 0 unspecified atom stereocenters. The Bertz CT molecular complexity index is 950. The van der Waals surface area contributed by atoms with E-state index >= 15 is 0 Å². The van der Waals surface area contributed by atoms with Crippen molar-refractivity contribution in [1.82, 2.24) is 0 Å². The number of amides is 1. The first-order chi connectivity index (χ1) is 17.1. The molecule has 0 heterocycles. The number of ether oxygens (including phenoxy) is 6. The number of azo groups is 1. The highest BCUT2D eigenvalue weighted by molar-refractivity contribution is 5.69. The van der Waals surface area contributed by atoms with Gasteiger partial charge in [-0.05, 0) is 11.8 Å². The molecule has 15 nitrogen and oxygen atoms in total. The third-order valence-electron chi connectivity index (χ3n) is 3.76. The fraction of sp³-hybridized carbons (Fsp3) is 0.682. The minimum absolute atomic E-state index is 0.0701. The Labute approximate surface area is 213 Å². The van der Waals surface area contributed by atoms with Crippen molar-refractivity contribution in [3.8, 4) is 6.07 Å². The maximum absolute atomic E-state index is 11.9. The molecule has 0 aromatic heterocycles. The van der Waals surface area contributed by atoms with Crippen LogP contribution in [-0.4, -0.2) is 79.2 Å². The molecule has 0 aliphatic heterocycles. The van der Waals surface area contributed by atoms with Gasteiger partial charge in [-0.25, -0.2) is 4.79 Å². The second-order valence-electron chi connectivity index (χ2n) is 7.76. The fourth-order valence-corrected chi connectivity index (χ4v) is 2.55. The number of carbonyl (C=O) groups is 6. The van der Waals surface area contributed by atoms with Crippen LogP contribution in [0, 0.1) is 6.07 Å². The number of rotatable bonds is 11. The minimum Gasteiger partial charge on any atom is -0.462 e. The van der Waals surface area contributed by atoms with Gasteiger partial charge in [0.05, 0.1) is 6.61 Å². The molecule has 37 heavy (non-hydrogen) atoms. The molecule has 0 saturated heterocycles. The largest absolute Gasteiger partial charge is 0.462 e. The van der Waals surface area contributed by atoms with Crippen molar-refractivity contribution in [2.45, 2.75) is 85.5 Å². The lowest BCUT2D eigenvalue weighted by Gasteiger charge is -2.32. The van der Waals surface area contributed by atoms with Gasteiger partial charge in [0.15, 0.2) is 18.3 Å². The molecule has 4 atom stereocenters. The molecular formula is C22H32N3O12+. The van der Waals surface area contributed by atoms with Gasteiger partial charge in [-0.1, -0.05) is 10.2 Å². The second-order valence-corrected chi connectivity index (χ2v) is 7.76. The number of esters is 5. The normalized spacial score (nSPS) is 14.1. The topological polar surface area (TPSA) is 187 Å². The van der Waals surface area contributed by atoms with Crippen LogP contribution in [0.5, 0.6) is 0 Å². The van der Waals surface area contributed by atoms with Gasteiger partial charge in [-0.15, -0.1) is 0 Å². The molecule has 0 aliphatic rings. The average Bonchev–Trinajstić information content (AvgIpc) is 2.74. The summed E-state index contributed by atoms with van der Waals surface area (Å²) in [6.45, 7) is 9.08. The molecule has 0 N–H and O–H groups in total. The summed E-state index contributed by atoms with van der Waals surface area (Å²) >= 11 is 0. The monoisotopic (exact) mass is 530 g/mol. The van der Waals surface area contributed by atoms with Crippen LogP contribution in [0.4, 0.5) is 4.79 Å². The van der Waals surface area contributed by atoms with E-state index in [0.717, 1.165) is 34.6 Å². The molecular weight excluding hydrogens is 498 g/mol. The van der Waals surface area contributed by atoms with Crippen LogP contribution in [0.2, 0.25) is 0 Å². The molecule has 0 saturated carbocycles. The van der Waals surface area contributed by atoms with Gasteiger partial charge in [0, 0.05) is 48.5 Å². The predicted molar refractivity (Wildman–Crippen MR) is 122 cm³/mol. The molecule has 0 spiro atoms. The maximum Gasteiger partial charge on any atom is 0.452 e. The van der Waals surface area contributed by atoms with E-state index in [9.17, 15) is 28.8 Å². The number of carbonyl (C=O) groups excluding carboxylic acids is 6. The molecule has 206 valence electrons. The molecule has 0 radical (unpaired) electrons. The third kappa shape index (κ3) is 14.8. The third-order valence-corrected chi connectivity index (χ3v) is 3.76. The SMILES string of the molecule is CCOC(=O)/N=N/C(C)(C)[N+]#C[C@@H](OC(C)=O)[C@H](OC(C)=O)[C@H](OC(C)=O)[C@@H](COC(C)=O)OC(C)=O. The highest BCUT2D eigenvalue weighted by Crippen LogP contribution is 2.21. The molecule has 15 heteroatoms. The Hall–Kier alpha value is -4.09. The summed E-state index contributed by atoms with van der Waals surface area (Å²) in [6.07, 6.45) is -7.46. The summed E-state index contributed by atoms with van der Waals surface area (Å²) in [7, 11) is 0. The van der Waals surface area contributed by atoms with Gasteiger partial charge >= 0.3 is 47.7 Å². The van der Waals surface area contributed by atoms with E-state index in [4.69, 9.17) is 23.7 Å². The highest BCUT2D eigenvalue weighted by atomic mass is 16.6. The van der Waals surface area contributed by atoms with E-state index in [1.807, 2.05) is 0 Å². The lowest BCUT2D eigenvalue weighted by atomic mass is 10.0. The van der Waals surface area contributed by atoms with Gasteiger partial charge in [0.1, 0.15) is 6.61 Å². The van der Waals surface area contributed by atoms with E-state index in [2.05, 4.69) is 25.9 Å². The summed E-state index contributed by atoms with van der Waals surface area (Å²) in [5, 5.41) is 7.08. The van der Waals surface area contributed by atoms with Gasteiger partial charge in [-0.2, -0.15) is 0 Å². The molecule has 1 amide bonds. The van der Waals surface area contributed by atoms with Crippen molar-refractivity contribution in [2.24, 2.45) is 10.2 Å². The van der Waals surface area contributed by atoms with Crippen LogP contribution in [0.25, 0.3) is 4.85 Å². The van der Waals surface area contributed by atoms with Crippen LogP contribution in [0.15, 0.2) is 10.2 Å². The van der Waals surface area contributed by atoms with Gasteiger partial charge in [-0.3, -0.25) is 24.0 Å². The van der Waals surface area contributed by atoms with Crippen molar-refractivity contribution in [1.29, 1.82) is 0 Å². The quantitative estimate of drug-likeness (QED) is 0.215. The predicted octanol–water partition coefficient (Wildman–Crippen LogP) is 1.95. The maximum atomic E-state index is 11.9. The van der Waals surface area contributed by atoms with E-state index in [1.165, 1.54) is 13.8 Å². The van der Waals surface area contributed by atoms with Crippen LogP contribution in [0.3, 0.4) is 0 Å². The van der Waals surface area contributed by atoms with Crippen molar-refractivity contribution >= 4 is 35.9 Å². The standard InChI is InChI=1S/C22H32N3O12/c1-9-32-21(31)24-25-22(7,8)23-10-17(34-13(3)27)19(36-15(5)29)20(37-16(6)30)18(35-14(4)28)11-33-12(2)26/h17-20H,9,11H2,1-8H3/q+1/b25-24+/t17-,18-,19+,20-/m1/s1. The number of nitrogens with zero attached hydrogens (tertiary/aromatic N) is 3. The Balaban J connectivity index is 6.63. The van der Waals surface area contributed by atoms with Crippen LogP contribution in [0.1, 0.15) is 55.4 Å².